The van der Waals surface area contributed by atoms with Crippen molar-refractivity contribution in [1.82, 2.24) is 0 Å². The molecule has 4 saturated carbocycles. The molecule has 1 spiro atoms. The van der Waals surface area contributed by atoms with E-state index in [0.29, 0.717) is 25.0 Å². The van der Waals surface area contributed by atoms with Gasteiger partial charge in [-0.2, -0.15) is 0 Å². The Hall–Kier alpha value is 1.02. The van der Waals surface area contributed by atoms with Crippen LogP contribution in [0.1, 0.15) is 59.3 Å². The zero-order valence-corrected chi connectivity index (χ0v) is 22.2. The third kappa shape index (κ3) is 2.21. The molecule has 5 heteroatoms. The van der Waals surface area contributed by atoms with Crippen molar-refractivity contribution in [2.75, 3.05) is 13.2 Å². The van der Waals surface area contributed by atoms with Gasteiger partial charge in [-0.3, -0.25) is 0 Å². The molecule has 9 atom stereocenters. The number of rotatable bonds is 1. The number of aliphatic hydroxyl groups excluding tert-OH is 2. The summed E-state index contributed by atoms with van der Waals surface area (Å²) in [6.07, 6.45) is 8.21. The van der Waals surface area contributed by atoms with Gasteiger partial charge in [0.05, 0.1) is 25.4 Å². The molecule has 1 saturated heterocycles. The van der Waals surface area contributed by atoms with Gasteiger partial charge in [0.2, 0.25) is 0 Å². The smallest absolute Gasteiger partial charge is 0.169 e. The standard InChI is InChI=1S/C23H34O4.Ac/c1-20-7-6-13-12-23(13,20)19(25)10-14-15-4-5-17(22(3)26-8-9-27-22)21(15,2)18(24)11-16(14)20;/h4,13-14,16-19,24-25H,5-12H2,1-3H3;/t13-,14?,16?,17?,18?,19?,20-,21+,23?;/m1./s1. The molecular weight excluding hydrogens is 567 g/mol. The first-order chi connectivity index (χ1) is 12.8. The van der Waals surface area contributed by atoms with Crippen LogP contribution in [0, 0.1) is 84.0 Å². The summed E-state index contributed by atoms with van der Waals surface area (Å²) in [4.78, 5) is 0. The van der Waals surface area contributed by atoms with Crippen LogP contribution < -0.4 is 0 Å². The summed E-state index contributed by atoms with van der Waals surface area (Å²) < 4.78 is 12.1. The van der Waals surface area contributed by atoms with Gasteiger partial charge in [0.15, 0.2) is 5.79 Å². The molecule has 0 amide bonds. The molecule has 6 unspecified atom stereocenters. The molecule has 0 aromatic heterocycles. The molecule has 0 aromatic rings. The van der Waals surface area contributed by atoms with Gasteiger partial charge in [0.1, 0.15) is 0 Å². The molecule has 153 valence electrons. The van der Waals surface area contributed by atoms with E-state index in [-0.39, 0.29) is 78.4 Å². The van der Waals surface area contributed by atoms with Crippen molar-refractivity contribution in [3.63, 3.8) is 0 Å². The van der Waals surface area contributed by atoms with Crippen molar-refractivity contribution in [2.24, 2.45) is 39.9 Å². The van der Waals surface area contributed by atoms with Crippen LogP contribution in [0.15, 0.2) is 11.6 Å². The van der Waals surface area contributed by atoms with Crippen LogP contribution >= 0.6 is 0 Å². The zero-order valence-electron chi connectivity index (χ0n) is 17.5. The van der Waals surface area contributed by atoms with Crippen LogP contribution in [-0.2, 0) is 9.47 Å². The summed E-state index contributed by atoms with van der Waals surface area (Å²) in [6.45, 7) is 8.01. The summed E-state index contributed by atoms with van der Waals surface area (Å²) in [5.41, 5.74) is 1.44. The number of hydrogen-bond acceptors (Lipinski definition) is 4. The Balaban J connectivity index is 0.00000171. The van der Waals surface area contributed by atoms with Gasteiger partial charge in [-0.15, -0.1) is 0 Å². The van der Waals surface area contributed by atoms with Crippen LogP contribution in [0.25, 0.3) is 0 Å². The Kier molecular flexibility index (Phi) is 4.70. The predicted octanol–water partition coefficient (Wildman–Crippen LogP) is 3.27. The van der Waals surface area contributed by atoms with Gasteiger partial charge in [0.25, 0.3) is 0 Å². The van der Waals surface area contributed by atoms with Gasteiger partial charge in [0, 0.05) is 60.8 Å². The number of fused-ring (bicyclic) bond motifs is 4. The second-order valence-corrected chi connectivity index (χ2v) is 11.1. The molecule has 5 fully saturated rings. The van der Waals surface area contributed by atoms with Gasteiger partial charge in [-0.25, -0.2) is 0 Å². The topological polar surface area (TPSA) is 58.9 Å². The SMILES string of the molecule is CC1(C2CC=C3C4CC(O)C56C[C@H]5CC[C@]6(C)C4CC(O)[C@@]32C)OCCO1.[Ac]. The quantitative estimate of drug-likeness (QED) is 0.454. The van der Waals surface area contributed by atoms with Crippen LogP contribution in [-0.4, -0.2) is 41.4 Å². The zero-order chi connectivity index (χ0) is 18.8. The first-order valence-electron chi connectivity index (χ1n) is 11.1. The van der Waals surface area contributed by atoms with E-state index in [9.17, 15) is 10.2 Å². The summed E-state index contributed by atoms with van der Waals surface area (Å²) in [5.74, 6) is 1.18. The van der Waals surface area contributed by atoms with E-state index in [0.717, 1.165) is 25.2 Å². The molecule has 2 N–H and O–H groups in total. The van der Waals surface area contributed by atoms with Crippen LogP contribution in [0.5, 0.6) is 0 Å². The summed E-state index contributed by atoms with van der Waals surface area (Å²) in [5, 5.41) is 22.7. The average molecular weight is 602 g/mol. The van der Waals surface area contributed by atoms with Gasteiger partial charge in [-0.05, 0) is 68.6 Å². The number of ether oxygens (including phenoxy) is 2. The average Bonchev–Trinajstić information content (AvgIpc) is 2.88. The molecule has 1 aliphatic heterocycles. The van der Waals surface area contributed by atoms with E-state index >= 15 is 0 Å². The van der Waals surface area contributed by atoms with Crippen molar-refractivity contribution in [2.45, 2.75) is 77.3 Å². The third-order valence-corrected chi connectivity index (χ3v) is 10.6. The maximum atomic E-state index is 11.5. The molecule has 0 aromatic carbocycles. The summed E-state index contributed by atoms with van der Waals surface area (Å²) in [6, 6.07) is 0. The maximum Gasteiger partial charge on any atom is 0.169 e. The Bertz CT molecular complexity index is 717. The van der Waals surface area contributed by atoms with Gasteiger partial charge < -0.3 is 19.7 Å². The summed E-state index contributed by atoms with van der Waals surface area (Å²) in [7, 11) is 0. The Morgan fingerprint density at radius 3 is 2.43 bits per heavy atom. The second-order valence-electron chi connectivity index (χ2n) is 11.1. The Morgan fingerprint density at radius 2 is 1.75 bits per heavy atom. The van der Waals surface area contributed by atoms with Crippen molar-refractivity contribution >= 4 is 0 Å². The van der Waals surface area contributed by atoms with E-state index in [1.54, 1.807) is 0 Å². The van der Waals surface area contributed by atoms with Crippen molar-refractivity contribution < 1.29 is 63.7 Å². The third-order valence-electron chi connectivity index (χ3n) is 10.6. The number of allylic oxidation sites excluding steroid dienone is 1. The van der Waals surface area contributed by atoms with Crippen LogP contribution in [0.2, 0.25) is 0 Å². The predicted molar refractivity (Wildman–Crippen MR) is 101 cm³/mol. The maximum absolute atomic E-state index is 11.5. The molecule has 0 bridgehead atoms. The van der Waals surface area contributed by atoms with Crippen LogP contribution in [0.4, 0.5) is 0 Å². The fourth-order valence-electron chi connectivity index (χ4n) is 9.12. The Labute approximate surface area is 204 Å². The molecule has 6 aliphatic rings. The minimum absolute atomic E-state index is 0. The molecule has 1 radical (unpaired) electrons. The Morgan fingerprint density at radius 1 is 1.04 bits per heavy atom. The fraction of sp³-hybridized carbons (Fsp3) is 0.913. The molecule has 28 heavy (non-hydrogen) atoms. The largest absolute Gasteiger partial charge is 0.392 e. The van der Waals surface area contributed by atoms with Crippen LogP contribution in [0.3, 0.4) is 0 Å². The van der Waals surface area contributed by atoms with Crippen molar-refractivity contribution in [3.05, 3.63) is 11.6 Å². The van der Waals surface area contributed by atoms with E-state index in [2.05, 4.69) is 26.8 Å². The molecule has 4 nitrogen and oxygen atoms in total. The van der Waals surface area contributed by atoms with Crippen molar-refractivity contribution in [1.29, 1.82) is 0 Å². The minimum Gasteiger partial charge on any atom is -0.392 e. The molecule has 5 aliphatic carbocycles. The monoisotopic (exact) mass is 601 g/mol. The minimum atomic E-state index is -0.603. The number of aliphatic hydroxyl groups is 2. The molecule has 6 rings (SSSR count). The van der Waals surface area contributed by atoms with E-state index in [1.165, 1.54) is 24.8 Å². The van der Waals surface area contributed by atoms with Gasteiger partial charge in [-0.1, -0.05) is 25.5 Å². The van der Waals surface area contributed by atoms with Crippen molar-refractivity contribution in [3.8, 4) is 0 Å². The molecule has 1 heterocycles. The summed E-state index contributed by atoms with van der Waals surface area (Å²) >= 11 is 0. The van der Waals surface area contributed by atoms with Gasteiger partial charge >= 0.3 is 0 Å². The normalized spacial score (nSPS) is 58.1. The van der Waals surface area contributed by atoms with E-state index in [1.807, 2.05) is 0 Å². The number of hydrogen-bond donors (Lipinski definition) is 2. The first kappa shape index (κ1) is 20.9. The van der Waals surface area contributed by atoms with E-state index in [4.69, 9.17) is 9.47 Å². The first-order valence-corrected chi connectivity index (χ1v) is 11.1. The second kappa shape index (κ2) is 6.29. The van der Waals surface area contributed by atoms with E-state index < -0.39 is 5.79 Å². The fourth-order valence-corrected chi connectivity index (χ4v) is 9.12. The molecular formula is C23H34AcO4.